The molecular weight excluding hydrogens is 417 g/mol. The van der Waals surface area contributed by atoms with Crippen LogP contribution in [0.25, 0.3) is 22.1 Å². The molecule has 3 heterocycles. The lowest BCUT2D eigenvalue weighted by atomic mass is 10.2. The second-order valence-corrected chi connectivity index (χ2v) is 7.39. The minimum Gasteiger partial charge on any atom is -0.317 e. The number of para-hydroxylation sites is 2. The van der Waals surface area contributed by atoms with Crippen molar-refractivity contribution in [3.8, 4) is 22.1 Å². The highest BCUT2D eigenvalue weighted by Gasteiger charge is 2.20. The van der Waals surface area contributed by atoms with Crippen molar-refractivity contribution in [1.29, 1.82) is 0 Å². The molecule has 1 N–H and O–H groups in total. The number of carbonyl (C=O) groups is 1. The quantitative estimate of drug-likeness (QED) is 0.455. The molecule has 0 aliphatic rings. The molecule has 1 amide bonds. The molecule has 152 valence electrons. The van der Waals surface area contributed by atoms with Gasteiger partial charge in [0, 0.05) is 0 Å². The highest BCUT2D eigenvalue weighted by Crippen LogP contribution is 2.26. The van der Waals surface area contributed by atoms with Crippen molar-refractivity contribution >= 4 is 22.9 Å². The molecule has 0 fully saturated rings. The van der Waals surface area contributed by atoms with Gasteiger partial charge in [-0.15, -0.1) is 21.5 Å². The Kier molecular flexibility index (Phi) is 4.81. The molecule has 8 nitrogen and oxygen atoms in total. The largest absolute Gasteiger partial charge is 0.317 e. The van der Waals surface area contributed by atoms with Crippen LogP contribution in [0.3, 0.4) is 0 Å². The van der Waals surface area contributed by atoms with Gasteiger partial charge in [-0.1, -0.05) is 29.5 Å². The van der Waals surface area contributed by atoms with Gasteiger partial charge in [-0.2, -0.15) is 0 Å². The Morgan fingerprint density at radius 1 is 1.06 bits per heavy atom. The van der Waals surface area contributed by atoms with E-state index in [-0.39, 0.29) is 5.82 Å². The number of hydrogen-bond donors (Lipinski definition) is 1. The topological polar surface area (TPSA) is 90.5 Å². The number of nitrogens with one attached hydrogen (secondary N) is 1. The lowest BCUT2D eigenvalue weighted by Gasteiger charge is -2.09. The third kappa shape index (κ3) is 3.71. The monoisotopic (exact) mass is 431 g/mol. The Bertz CT molecular complexity index is 1350. The fourth-order valence-electron chi connectivity index (χ4n) is 3.06. The van der Waals surface area contributed by atoms with E-state index in [1.807, 2.05) is 23.6 Å². The maximum absolute atomic E-state index is 13.8. The summed E-state index contributed by atoms with van der Waals surface area (Å²) < 4.78 is 16.8. The van der Waals surface area contributed by atoms with E-state index in [1.165, 1.54) is 28.2 Å². The molecular formula is C21H14FN7OS. The van der Waals surface area contributed by atoms with Gasteiger partial charge in [0.05, 0.1) is 34.3 Å². The number of thiophene rings is 1. The van der Waals surface area contributed by atoms with Crippen molar-refractivity contribution in [3.63, 3.8) is 0 Å². The molecule has 31 heavy (non-hydrogen) atoms. The molecule has 0 atom stereocenters. The number of benzene rings is 2. The minimum absolute atomic E-state index is 0.0407. The standard InChI is InChI=1S/C21H14FN7OS/c22-14-5-3-6-15(13-14)29-20(18-9-4-12-31-18)25-19(26-29)21(30)24-16-7-1-2-8-17(16)28-11-10-23-27-28/h1-13H,(H,24,30). The Morgan fingerprint density at radius 3 is 2.74 bits per heavy atom. The number of nitrogens with zero attached hydrogens (tertiary/aromatic N) is 6. The predicted octanol–water partition coefficient (Wildman–Crippen LogP) is 3.97. The Morgan fingerprint density at radius 2 is 1.97 bits per heavy atom. The van der Waals surface area contributed by atoms with Crippen LogP contribution in [0.1, 0.15) is 10.6 Å². The van der Waals surface area contributed by atoms with Gasteiger partial charge in [0.25, 0.3) is 5.91 Å². The van der Waals surface area contributed by atoms with Crippen LogP contribution >= 0.6 is 11.3 Å². The van der Waals surface area contributed by atoms with Gasteiger partial charge in [0.2, 0.25) is 5.82 Å². The van der Waals surface area contributed by atoms with Crippen LogP contribution in [0.5, 0.6) is 0 Å². The van der Waals surface area contributed by atoms with E-state index < -0.39 is 11.7 Å². The van der Waals surface area contributed by atoms with E-state index in [4.69, 9.17) is 0 Å². The first kappa shape index (κ1) is 18.8. The Hall–Kier alpha value is -4.18. The third-order valence-electron chi connectivity index (χ3n) is 4.43. The average molecular weight is 431 g/mol. The predicted molar refractivity (Wildman–Crippen MR) is 114 cm³/mol. The van der Waals surface area contributed by atoms with Gasteiger partial charge in [0.1, 0.15) is 5.82 Å². The number of carbonyl (C=O) groups excluding carboxylic acids is 1. The zero-order valence-corrected chi connectivity index (χ0v) is 16.7. The van der Waals surface area contributed by atoms with Crippen molar-refractivity contribution in [2.24, 2.45) is 0 Å². The normalized spacial score (nSPS) is 10.9. The molecule has 3 aromatic heterocycles. The van der Waals surface area contributed by atoms with Crippen molar-refractivity contribution in [1.82, 2.24) is 29.8 Å². The molecule has 0 saturated heterocycles. The molecule has 0 unspecified atom stereocenters. The van der Waals surface area contributed by atoms with E-state index in [1.54, 1.807) is 47.4 Å². The first-order valence-corrected chi connectivity index (χ1v) is 10.1. The van der Waals surface area contributed by atoms with Gasteiger partial charge in [-0.05, 0) is 41.8 Å². The lowest BCUT2D eigenvalue weighted by molar-refractivity contribution is 0.101. The zero-order chi connectivity index (χ0) is 21.2. The van der Waals surface area contributed by atoms with Gasteiger partial charge in [-0.3, -0.25) is 4.79 Å². The van der Waals surface area contributed by atoms with Crippen molar-refractivity contribution in [2.45, 2.75) is 0 Å². The van der Waals surface area contributed by atoms with Crippen LogP contribution in [-0.2, 0) is 0 Å². The highest BCUT2D eigenvalue weighted by molar-refractivity contribution is 7.13. The van der Waals surface area contributed by atoms with Crippen LogP contribution in [0.4, 0.5) is 10.1 Å². The first-order valence-electron chi connectivity index (χ1n) is 9.23. The Labute approximate surface area is 179 Å². The summed E-state index contributed by atoms with van der Waals surface area (Å²) in [4.78, 5) is 18.2. The summed E-state index contributed by atoms with van der Waals surface area (Å²) >= 11 is 1.45. The van der Waals surface area contributed by atoms with Crippen LogP contribution in [-0.4, -0.2) is 35.7 Å². The minimum atomic E-state index is -0.500. The fourth-order valence-corrected chi connectivity index (χ4v) is 3.75. The van der Waals surface area contributed by atoms with Crippen molar-refractivity contribution in [3.05, 3.63) is 90.1 Å². The van der Waals surface area contributed by atoms with Crippen molar-refractivity contribution < 1.29 is 9.18 Å². The first-order chi connectivity index (χ1) is 15.2. The molecule has 2 aromatic carbocycles. The zero-order valence-electron chi connectivity index (χ0n) is 15.9. The average Bonchev–Trinajstić information content (AvgIpc) is 3.55. The smallest absolute Gasteiger partial charge is 0.295 e. The summed E-state index contributed by atoms with van der Waals surface area (Å²) in [5.41, 5.74) is 1.65. The number of anilines is 1. The lowest BCUT2D eigenvalue weighted by Crippen LogP contribution is -2.16. The van der Waals surface area contributed by atoms with Gasteiger partial charge >= 0.3 is 0 Å². The van der Waals surface area contributed by atoms with Crippen LogP contribution < -0.4 is 5.32 Å². The van der Waals surface area contributed by atoms with E-state index in [9.17, 15) is 9.18 Å². The van der Waals surface area contributed by atoms with E-state index in [0.717, 1.165) is 4.88 Å². The van der Waals surface area contributed by atoms with Crippen LogP contribution in [0, 0.1) is 5.82 Å². The van der Waals surface area contributed by atoms with Gasteiger partial charge in [0.15, 0.2) is 5.82 Å². The number of aromatic nitrogens is 6. The summed E-state index contributed by atoms with van der Waals surface area (Å²) in [5, 5.41) is 16.9. The van der Waals surface area contributed by atoms with Crippen LogP contribution in [0.15, 0.2) is 78.4 Å². The third-order valence-corrected chi connectivity index (χ3v) is 5.29. The molecule has 0 bridgehead atoms. The summed E-state index contributed by atoms with van der Waals surface area (Å²) in [6.07, 6.45) is 3.23. The second-order valence-electron chi connectivity index (χ2n) is 6.45. The fraction of sp³-hybridized carbons (Fsp3) is 0. The van der Waals surface area contributed by atoms with Crippen molar-refractivity contribution in [2.75, 3.05) is 5.32 Å². The summed E-state index contributed by atoms with van der Waals surface area (Å²) in [6, 6.07) is 16.9. The van der Waals surface area contributed by atoms with E-state index >= 15 is 0 Å². The molecule has 0 saturated carbocycles. The SMILES string of the molecule is O=C(Nc1ccccc1-n1ccnn1)c1nc(-c2cccs2)n(-c2cccc(F)c2)n1. The Balaban J connectivity index is 1.53. The molecule has 0 aliphatic carbocycles. The molecule has 5 aromatic rings. The molecule has 5 rings (SSSR count). The molecule has 0 radical (unpaired) electrons. The molecule has 0 aliphatic heterocycles. The molecule has 10 heteroatoms. The van der Waals surface area contributed by atoms with E-state index in [0.29, 0.717) is 22.9 Å². The maximum Gasteiger partial charge on any atom is 0.295 e. The second kappa shape index (κ2) is 7.92. The van der Waals surface area contributed by atoms with E-state index in [2.05, 4.69) is 25.7 Å². The highest BCUT2D eigenvalue weighted by atomic mass is 32.1. The summed E-state index contributed by atoms with van der Waals surface area (Å²) in [6.45, 7) is 0. The number of halogens is 1. The van der Waals surface area contributed by atoms with Gasteiger partial charge in [-0.25, -0.2) is 18.7 Å². The summed E-state index contributed by atoms with van der Waals surface area (Å²) in [7, 11) is 0. The number of amides is 1. The molecule has 0 spiro atoms. The number of hydrogen-bond acceptors (Lipinski definition) is 6. The van der Waals surface area contributed by atoms with Crippen LogP contribution in [0.2, 0.25) is 0 Å². The summed E-state index contributed by atoms with van der Waals surface area (Å²) in [5.74, 6) is -0.491. The maximum atomic E-state index is 13.8. The number of rotatable bonds is 5. The van der Waals surface area contributed by atoms with Gasteiger partial charge < -0.3 is 5.32 Å².